The maximum atomic E-state index is 10.8. The summed E-state index contributed by atoms with van der Waals surface area (Å²) in [5.74, 6) is -2.36. The molecule has 0 aliphatic carbocycles. The quantitative estimate of drug-likeness (QED) is 0.275. The van der Waals surface area contributed by atoms with Gasteiger partial charge in [0.05, 0.1) is 26.1 Å². The second-order valence-corrected chi connectivity index (χ2v) is 5.91. The van der Waals surface area contributed by atoms with E-state index in [0.717, 1.165) is 19.3 Å². The first-order valence-corrected chi connectivity index (χ1v) is 9.30. The molecule has 0 aromatic carbocycles. The van der Waals surface area contributed by atoms with Gasteiger partial charge in [0.1, 0.15) is 0 Å². The fourth-order valence-electron chi connectivity index (χ4n) is 1.74. The molecule has 28 heavy (non-hydrogen) atoms. The number of ether oxygens (including phenoxy) is 2. The molecule has 0 amide bonds. The van der Waals surface area contributed by atoms with Gasteiger partial charge in [0.15, 0.2) is 6.29 Å². The van der Waals surface area contributed by atoms with E-state index in [4.69, 9.17) is 29.9 Å². The van der Waals surface area contributed by atoms with Crippen LogP contribution < -0.4 is 0 Å². The van der Waals surface area contributed by atoms with Gasteiger partial charge in [-0.25, -0.2) is 0 Å². The lowest BCUT2D eigenvalue weighted by Crippen LogP contribution is -2.14. The van der Waals surface area contributed by atoms with Crippen molar-refractivity contribution >= 4 is 23.9 Å². The molecule has 4 N–H and O–H groups in total. The number of esters is 2. The molecule has 0 saturated carbocycles. The van der Waals surface area contributed by atoms with Gasteiger partial charge in [-0.3, -0.25) is 19.2 Å². The number of aliphatic hydroxyl groups excluding tert-OH is 1. The predicted molar refractivity (Wildman–Crippen MR) is 97.3 cm³/mol. The SMILES string of the molecule is CCCC(O)O.O=C(O)CCCCC(=O)O.O=C1CCC(=O)OCCCCO1. The highest BCUT2D eigenvalue weighted by molar-refractivity contribution is 5.77. The molecule has 164 valence electrons. The summed E-state index contributed by atoms with van der Waals surface area (Å²) >= 11 is 0. The first-order chi connectivity index (χ1) is 13.2. The van der Waals surface area contributed by atoms with Gasteiger partial charge >= 0.3 is 23.9 Å². The highest BCUT2D eigenvalue weighted by atomic mass is 16.5. The zero-order chi connectivity index (χ0) is 21.8. The third kappa shape index (κ3) is 26.0. The molecular weight excluding hydrogens is 376 g/mol. The fraction of sp³-hybridized carbons (Fsp3) is 0.778. The molecule has 1 fully saturated rings. The van der Waals surface area contributed by atoms with E-state index in [1.54, 1.807) is 0 Å². The van der Waals surface area contributed by atoms with Crippen LogP contribution >= 0.6 is 0 Å². The van der Waals surface area contributed by atoms with Crippen LogP contribution in [-0.4, -0.2) is 63.8 Å². The summed E-state index contributed by atoms with van der Waals surface area (Å²) in [6.07, 6.45) is 3.03. The highest BCUT2D eigenvalue weighted by Crippen LogP contribution is 2.02. The van der Waals surface area contributed by atoms with Crippen LogP contribution in [0.4, 0.5) is 0 Å². The van der Waals surface area contributed by atoms with Gasteiger partial charge in [-0.2, -0.15) is 0 Å². The van der Waals surface area contributed by atoms with Gasteiger partial charge in [-0.1, -0.05) is 13.3 Å². The molecule has 1 rings (SSSR count). The maximum absolute atomic E-state index is 10.8. The van der Waals surface area contributed by atoms with E-state index in [0.29, 0.717) is 32.5 Å². The number of carboxylic acid groups (broad SMARTS) is 2. The molecule has 10 heteroatoms. The van der Waals surface area contributed by atoms with Crippen molar-refractivity contribution in [2.24, 2.45) is 0 Å². The first kappa shape index (κ1) is 28.0. The molecule has 1 aliphatic rings. The Labute approximate surface area is 164 Å². The topological polar surface area (TPSA) is 168 Å². The van der Waals surface area contributed by atoms with Gasteiger partial charge in [-0.05, 0) is 32.1 Å². The Balaban J connectivity index is 0. The summed E-state index contributed by atoms with van der Waals surface area (Å²) in [6, 6.07) is 0. The van der Waals surface area contributed by atoms with Crippen LogP contribution in [0.5, 0.6) is 0 Å². The number of unbranched alkanes of at least 4 members (excludes halogenated alkanes) is 1. The van der Waals surface area contributed by atoms with E-state index in [1.165, 1.54) is 0 Å². The van der Waals surface area contributed by atoms with Gasteiger partial charge in [0.2, 0.25) is 0 Å². The van der Waals surface area contributed by atoms with Crippen LogP contribution in [0.25, 0.3) is 0 Å². The summed E-state index contributed by atoms with van der Waals surface area (Å²) in [4.78, 5) is 41.4. The Hall–Kier alpha value is -2.20. The van der Waals surface area contributed by atoms with Crippen molar-refractivity contribution in [3.8, 4) is 0 Å². The molecular formula is C18H32O10. The van der Waals surface area contributed by atoms with Crippen molar-refractivity contribution in [1.82, 2.24) is 0 Å². The van der Waals surface area contributed by atoms with Crippen LogP contribution in [0, 0.1) is 0 Å². The van der Waals surface area contributed by atoms with Crippen molar-refractivity contribution in [2.45, 2.75) is 77.4 Å². The molecule has 0 aromatic rings. The number of rotatable bonds is 7. The van der Waals surface area contributed by atoms with Crippen molar-refractivity contribution in [2.75, 3.05) is 13.2 Å². The second kappa shape index (κ2) is 19.6. The number of carboxylic acids is 2. The van der Waals surface area contributed by atoms with E-state index in [2.05, 4.69) is 0 Å². The summed E-state index contributed by atoms with van der Waals surface area (Å²) in [5.41, 5.74) is 0. The number of cyclic esters (lactones) is 2. The largest absolute Gasteiger partial charge is 0.481 e. The maximum Gasteiger partial charge on any atom is 0.306 e. The Kier molecular flexibility index (Phi) is 19.6. The van der Waals surface area contributed by atoms with E-state index < -0.39 is 18.2 Å². The minimum absolute atomic E-state index is 0.0628. The third-order valence-corrected chi connectivity index (χ3v) is 3.18. The van der Waals surface area contributed by atoms with Crippen LogP contribution in [0.3, 0.4) is 0 Å². The minimum atomic E-state index is -1.10. The number of hydrogen-bond donors (Lipinski definition) is 4. The molecule has 10 nitrogen and oxygen atoms in total. The number of carbonyl (C=O) groups is 4. The lowest BCUT2D eigenvalue weighted by Gasteiger charge is -2.08. The Morgan fingerprint density at radius 3 is 1.54 bits per heavy atom. The standard InChI is InChI=1S/C8H12O4.C6H10O4.C4H10O2/c9-7-3-4-8(10)12-6-2-1-5-11-7;7-5(8)3-1-2-4-6(9)10;1-2-3-4(5)6/h1-6H2;1-4H2,(H,7,8)(H,9,10);4-6H,2-3H2,1H3. The van der Waals surface area contributed by atoms with Crippen LogP contribution in [0.2, 0.25) is 0 Å². The summed E-state index contributed by atoms with van der Waals surface area (Å²) < 4.78 is 9.64. The van der Waals surface area contributed by atoms with E-state index in [9.17, 15) is 19.2 Å². The van der Waals surface area contributed by atoms with Gasteiger partial charge in [-0.15, -0.1) is 0 Å². The van der Waals surface area contributed by atoms with E-state index in [1.807, 2.05) is 6.92 Å². The van der Waals surface area contributed by atoms with Crippen molar-refractivity contribution in [1.29, 1.82) is 0 Å². The summed E-state index contributed by atoms with van der Waals surface area (Å²) in [7, 11) is 0. The van der Waals surface area contributed by atoms with Crippen LogP contribution in [0.15, 0.2) is 0 Å². The van der Waals surface area contributed by atoms with Crippen LogP contribution in [0.1, 0.15) is 71.1 Å². The fourth-order valence-corrected chi connectivity index (χ4v) is 1.74. The zero-order valence-electron chi connectivity index (χ0n) is 16.3. The normalized spacial score (nSPS) is 14.4. The Morgan fingerprint density at radius 1 is 0.893 bits per heavy atom. The molecule has 1 saturated heterocycles. The van der Waals surface area contributed by atoms with Crippen molar-refractivity contribution in [3.63, 3.8) is 0 Å². The molecule has 0 unspecified atom stereocenters. The zero-order valence-corrected chi connectivity index (χ0v) is 16.3. The predicted octanol–water partition coefficient (Wildman–Crippen LogP) is 1.46. The van der Waals surface area contributed by atoms with Crippen molar-refractivity contribution < 1.29 is 49.1 Å². The molecule has 0 aromatic heterocycles. The molecule has 1 aliphatic heterocycles. The lowest BCUT2D eigenvalue weighted by atomic mass is 10.2. The lowest BCUT2D eigenvalue weighted by molar-refractivity contribution is -0.152. The minimum Gasteiger partial charge on any atom is -0.481 e. The number of aliphatic hydroxyl groups is 2. The van der Waals surface area contributed by atoms with E-state index in [-0.39, 0.29) is 37.6 Å². The third-order valence-electron chi connectivity index (χ3n) is 3.18. The molecule has 0 spiro atoms. The van der Waals surface area contributed by atoms with Crippen molar-refractivity contribution in [3.05, 3.63) is 0 Å². The molecule has 1 heterocycles. The molecule has 0 atom stereocenters. The number of carbonyl (C=O) groups excluding carboxylic acids is 2. The van der Waals surface area contributed by atoms with Gasteiger partial charge < -0.3 is 29.9 Å². The van der Waals surface area contributed by atoms with Gasteiger partial charge in [0.25, 0.3) is 0 Å². The van der Waals surface area contributed by atoms with E-state index >= 15 is 0 Å². The second-order valence-electron chi connectivity index (χ2n) is 5.91. The molecule has 0 radical (unpaired) electrons. The Bertz CT molecular complexity index is 412. The Morgan fingerprint density at radius 2 is 1.29 bits per heavy atom. The number of hydrogen-bond acceptors (Lipinski definition) is 8. The monoisotopic (exact) mass is 408 g/mol. The summed E-state index contributed by atoms with van der Waals surface area (Å²) in [6.45, 7) is 2.78. The summed E-state index contributed by atoms with van der Waals surface area (Å²) in [5, 5.41) is 32.5. The average Bonchev–Trinajstić information content (AvgIpc) is 2.60. The van der Waals surface area contributed by atoms with Gasteiger partial charge in [0, 0.05) is 12.8 Å². The van der Waals surface area contributed by atoms with Crippen LogP contribution in [-0.2, 0) is 28.7 Å². The highest BCUT2D eigenvalue weighted by Gasteiger charge is 2.10. The molecule has 0 bridgehead atoms. The average molecular weight is 408 g/mol. The number of aliphatic carboxylic acids is 2. The smallest absolute Gasteiger partial charge is 0.306 e. The first-order valence-electron chi connectivity index (χ1n) is 9.30.